The number of nitrogens with zero attached hydrogens (tertiary/aromatic N) is 2. The highest BCUT2D eigenvalue weighted by atomic mass is 19.4. The Labute approximate surface area is 176 Å². The van der Waals surface area contributed by atoms with Crippen molar-refractivity contribution in [3.8, 4) is 5.75 Å². The lowest BCUT2D eigenvalue weighted by Gasteiger charge is -2.37. The van der Waals surface area contributed by atoms with Gasteiger partial charge in [-0.2, -0.15) is 13.2 Å². The van der Waals surface area contributed by atoms with E-state index in [2.05, 4.69) is 19.7 Å². The molecule has 1 aliphatic rings. The van der Waals surface area contributed by atoms with Crippen LogP contribution >= 0.6 is 0 Å². The zero-order chi connectivity index (χ0) is 23.1. The Bertz CT molecular complexity index is 689. The number of piperazine rings is 1. The van der Waals surface area contributed by atoms with E-state index in [0.29, 0.717) is 44.8 Å². The molecule has 2 rings (SSSR count). The number of carbonyl (C=O) groups is 1. The average molecular weight is 457 g/mol. The second kappa shape index (κ2) is 11.0. The third kappa shape index (κ3) is 9.74. The highest BCUT2D eigenvalue weighted by Gasteiger charge is 2.31. The number of ether oxygens (including phenoxy) is 2. The summed E-state index contributed by atoms with van der Waals surface area (Å²) in [4.78, 5) is 16.5. The lowest BCUT2D eigenvalue weighted by atomic mass is 10.2. The molecule has 1 heterocycles. The molecule has 0 saturated carbocycles. The molecule has 1 unspecified atom stereocenters. The Morgan fingerprint density at radius 2 is 1.68 bits per heavy atom. The first-order valence-corrected chi connectivity index (χ1v) is 9.70. The minimum atomic E-state index is -4.78. The molecule has 0 bridgehead atoms. The SMILES string of the molecule is CC(C(=O)Nc1ccc(OC(F)(F)F)cc1)N1CCN(CCCOCC(F)(F)F)CC1. The van der Waals surface area contributed by atoms with Gasteiger partial charge in [-0.25, -0.2) is 0 Å². The Balaban J connectivity index is 1.69. The predicted molar refractivity (Wildman–Crippen MR) is 101 cm³/mol. The number of rotatable bonds is 9. The standard InChI is InChI=1S/C19H25F6N3O3/c1-14(17(29)26-15-3-5-16(6-4-15)31-19(23,24)25)28-10-8-27(9-11-28)7-2-12-30-13-18(20,21)22/h3-6,14H,2,7-13H2,1H3,(H,26,29). The van der Waals surface area contributed by atoms with E-state index in [1.54, 1.807) is 6.92 Å². The number of carbonyl (C=O) groups excluding carboxylic acids is 1. The maximum atomic E-state index is 12.4. The third-order valence-electron chi connectivity index (χ3n) is 4.72. The second-order valence-corrected chi connectivity index (χ2v) is 7.14. The summed E-state index contributed by atoms with van der Waals surface area (Å²) in [5.74, 6) is -0.669. The minimum Gasteiger partial charge on any atom is -0.406 e. The van der Waals surface area contributed by atoms with Gasteiger partial charge in [0.25, 0.3) is 0 Å². The maximum Gasteiger partial charge on any atom is 0.573 e. The van der Waals surface area contributed by atoms with Gasteiger partial charge in [0.05, 0.1) is 6.04 Å². The highest BCUT2D eigenvalue weighted by molar-refractivity contribution is 5.94. The molecule has 0 spiro atoms. The molecule has 0 radical (unpaired) electrons. The van der Waals surface area contributed by atoms with Gasteiger partial charge in [0.15, 0.2) is 0 Å². The van der Waals surface area contributed by atoms with Crippen molar-refractivity contribution in [1.29, 1.82) is 0 Å². The Hall–Kier alpha value is -2.05. The van der Waals surface area contributed by atoms with Crippen molar-refractivity contribution < 1.29 is 40.6 Å². The topological polar surface area (TPSA) is 54.0 Å². The van der Waals surface area contributed by atoms with Crippen molar-refractivity contribution >= 4 is 11.6 Å². The van der Waals surface area contributed by atoms with Crippen molar-refractivity contribution in [1.82, 2.24) is 9.80 Å². The van der Waals surface area contributed by atoms with Gasteiger partial charge in [0.1, 0.15) is 12.4 Å². The quantitative estimate of drug-likeness (QED) is 0.455. The van der Waals surface area contributed by atoms with Crippen molar-refractivity contribution in [2.24, 2.45) is 0 Å². The molecular formula is C19H25F6N3O3. The first-order chi connectivity index (χ1) is 14.4. The summed E-state index contributed by atoms with van der Waals surface area (Å²) >= 11 is 0. The van der Waals surface area contributed by atoms with Crippen LogP contribution in [0.15, 0.2) is 24.3 Å². The van der Waals surface area contributed by atoms with Crippen molar-refractivity contribution in [3.63, 3.8) is 0 Å². The fraction of sp³-hybridized carbons (Fsp3) is 0.632. The lowest BCUT2D eigenvalue weighted by molar-refractivity contribution is -0.274. The van der Waals surface area contributed by atoms with Crippen LogP contribution in [0, 0.1) is 0 Å². The molecule has 1 aromatic rings. The number of hydrogen-bond donors (Lipinski definition) is 1. The van der Waals surface area contributed by atoms with Gasteiger partial charge in [0, 0.05) is 45.0 Å². The van der Waals surface area contributed by atoms with Crippen LogP contribution in [0.2, 0.25) is 0 Å². The van der Waals surface area contributed by atoms with Crippen LogP contribution in [0.25, 0.3) is 0 Å². The van der Waals surface area contributed by atoms with Gasteiger partial charge in [-0.3, -0.25) is 9.69 Å². The molecule has 12 heteroatoms. The van der Waals surface area contributed by atoms with E-state index in [1.165, 1.54) is 12.1 Å². The molecule has 6 nitrogen and oxygen atoms in total. The Morgan fingerprint density at radius 1 is 1.06 bits per heavy atom. The number of halogens is 6. The molecule has 1 fully saturated rings. The Kier molecular flexibility index (Phi) is 8.95. The summed E-state index contributed by atoms with van der Waals surface area (Å²) in [6.07, 6.45) is -8.61. The van der Waals surface area contributed by atoms with E-state index in [1.807, 2.05) is 4.90 Å². The van der Waals surface area contributed by atoms with Crippen molar-refractivity contribution in [2.75, 3.05) is 51.3 Å². The molecule has 176 valence electrons. The highest BCUT2D eigenvalue weighted by Crippen LogP contribution is 2.24. The molecule has 1 atom stereocenters. The molecule has 1 saturated heterocycles. The van der Waals surface area contributed by atoms with Crippen LogP contribution < -0.4 is 10.1 Å². The summed E-state index contributed by atoms with van der Waals surface area (Å²) in [6.45, 7) is 3.68. The van der Waals surface area contributed by atoms with Crippen molar-refractivity contribution in [2.45, 2.75) is 31.9 Å². The molecule has 31 heavy (non-hydrogen) atoms. The van der Waals surface area contributed by atoms with E-state index in [0.717, 1.165) is 12.1 Å². The second-order valence-electron chi connectivity index (χ2n) is 7.14. The van der Waals surface area contributed by atoms with Crippen LogP contribution in [0.5, 0.6) is 5.75 Å². The first-order valence-electron chi connectivity index (χ1n) is 9.70. The first kappa shape index (κ1) is 25.2. The number of anilines is 1. The van der Waals surface area contributed by atoms with E-state index >= 15 is 0 Å². The number of alkyl halides is 6. The number of nitrogens with one attached hydrogen (secondary N) is 1. The van der Waals surface area contributed by atoms with Gasteiger partial charge >= 0.3 is 12.5 Å². The molecule has 1 N–H and O–H groups in total. The van der Waals surface area contributed by atoms with Gasteiger partial charge in [0.2, 0.25) is 5.91 Å². The summed E-state index contributed by atoms with van der Waals surface area (Å²) in [5, 5.41) is 2.66. The summed E-state index contributed by atoms with van der Waals surface area (Å²) in [6, 6.07) is 4.42. The largest absolute Gasteiger partial charge is 0.573 e. The Morgan fingerprint density at radius 3 is 2.23 bits per heavy atom. The molecule has 1 amide bonds. The van der Waals surface area contributed by atoms with Gasteiger partial charge in [-0.05, 0) is 37.6 Å². The minimum absolute atomic E-state index is 0.0331. The average Bonchev–Trinajstić information content (AvgIpc) is 2.67. The summed E-state index contributed by atoms with van der Waals surface area (Å²) < 4.78 is 81.0. The number of hydrogen-bond acceptors (Lipinski definition) is 5. The van der Waals surface area contributed by atoms with Crippen LogP contribution in [0.1, 0.15) is 13.3 Å². The van der Waals surface area contributed by atoms with Crippen LogP contribution in [-0.4, -0.2) is 80.2 Å². The van der Waals surface area contributed by atoms with E-state index in [4.69, 9.17) is 0 Å². The van der Waals surface area contributed by atoms with Crippen LogP contribution in [0.4, 0.5) is 32.0 Å². The van der Waals surface area contributed by atoms with Crippen molar-refractivity contribution in [3.05, 3.63) is 24.3 Å². The smallest absolute Gasteiger partial charge is 0.406 e. The van der Waals surface area contributed by atoms with Crippen LogP contribution in [-0.2, 0) is 9.53 Å². The zero-order valence-corrected chi connectivity index (χ0v) is 16.9. The van der Waals surface area contributed by atoms with Gasteiger partial charge in [-0.1, -0.05) is 0 Å². The number of amides is 1. The summed E-state index contributed by atoms with van der Waals surface area (Å²) in [7, 11) is 0. The molecule has 0 aromatic heterocycles. The number of benzene rings is 1. The van der Waals surface area contributed by atoms with E-state index < -0.39 is 25.2 Å². The van der Waals surface area contributed by atoms with E-state index in [9.17, 15) is 31.1 Å². The molecule has 0 aliphatic carbocycles. The third-order valence-corrected chi connectivity index (χ3v) is 4.72. The zero-order valence-electron chi connectivity index (χ0n) is 16.9. The monoisotopic (exact) mass is 457 g/mol. The van der Waals surface area contributed by atoms with Gasteiger partial charge in [-0.15, -0.1) is 13.2 Å². The maximum absolute atomic E-state index is 12.4. The predicted octanol–water partition coefficient (Wildman–Crippen LogP) is 3.50. The fourth-order valence-corrected chi connectivity index (χ4v) is 3.10. The normalized spacial score (nSPS) is 17.4. The molecule has 1 aliphatic heterocycles. The molecule has 1 aromatic carbocycles. The lowest BCUT2D eigenvalue weighted by Crippen LogP contribution is -2.52. The van der Waals surface area contributed by atoms with Gasteiger partial charge < -0.3 is 19.7 Å². The fourth-order valence-electron chi connectivity index (χ4n) is 3.10. The van der Waals surface area contributed by atoms with Crippen LogP contribution in [0.3, 0.4) is 0 Å². The molecular weight excluding hydrogens is 432 g/mol. The van der Waals surface area contributed by atoms with E-state index in [-0.39, 0.29) is 18.3 Å². The summed E-state index contributed by atoms with van der Waals surface area (Å²) in [5.41, 5.74) is 0.351.